The van der Waals surface area contributed by atoms with Gasteiger partial charge in [0.1, 0.15) is 0 Å². The molecule has 0 spiro atoms. The zero-order valence-electron chi connectivity index (χ0n) is 15.4. The molecule has 0 saturated heterocycles. The van der Waals surface area contributed by atoms with E-state index in [1.165, 1.54) is 16.5 Å². The van der Waals surface area contributed by atoms with Crippen LogP contribution in [-0.2, 0) is 0 Å². The third-order valence-electron chi connectivity index (χ3n) is 5.03. The van der Waals surface area contributed by atoms with Crippen molar-refractivity contribution in [3.05, 3.63) is 109 Å². The first-order valence-electron chi connectivity index (χ1n) is 9.48. The number of nitrogens with one attached hydrogen (secondary N) is 2. The number of aromatic amines is 2. The second-order valence-electron chi connectivity index (χ2n) is 6.82. The summed E-state index contributed by atoms with van der Waals surface area (Å²) in [6.45, 7) is 0. The summed E-state index contributed by atoms with van der Waals surface area (Å²) < 4.78 is 0. The van der Waals surface area contributed by atoms with Crippen molar-refractivity contribution in [3.63, 3.8) is 0 Å². The van der Waals surface area contributed by atoms with Crippen LogP contribution in [0, 0.1) is 0 Å². The Kier molecular flexibility index (Phi) is 4.15. The van der Waals surface area contributed by atoms with Crippen LogP contribution in [0.3, 0.4) is 0 Å². The quantitative estimate of drug-likeness (QED) is 0.336. The summed E-state index contributed by atoms with van der Waals surface area (Å²) >= 11 is 0. The van der Waals surface area contributed by atoms with Gasteiger partial charge in [0.2, 0.25) is 0 Å². The van der Waals surface area contributed by atoms with Gasteiger partial charge < -0.3 is 9.97 Å². The molecule has 1 heterocycles. The summed E-state index contributed by atoms with van der Waals surface area (Å²) in [6.07, 6.45) is 0. The molecule has 0 aliphatic rings. The minimum Gasteiger partial charge on any atom is -0.353 e. The first-order valence-corrected chi connectivity index (χ1v) is 9.48. The van der Waals surface area contributed by atoms with Gasteiger partial charge in [-0.05, 0) is 29.3 Å². The van der Waals surface area contributed by atoms with Crippen LogP contribution in [-0.4, -0.2) is 9.97 Å². The topological polar surface area (TPSA) is 31.6 Å². The molecule has 0 bridgehead atoms. The van der Waals surface area contributed by atoms with Gasteiger partial charge in [-0.15, -0.1) is 0 Å². The van der Waals surface area contributed by atoms with Gasteiger partial charge in [0.05, 0.1) is 16.7 Å². The fourth-order valence-electron chi connectivity index (χ4n) is 3.71. The minimum absolute atomic E-state index is 1.06. The number of hydrogen-bond acceptors (Lipinski definition) is 0. The van der Waals surface area contributed by atoms with Crippen LogP contribution < -0.4 is 0 Å². The molecule has 0 aliphatic heterocycles. The van der Waals surface area contributed by atoms with Crippen molar-refractivity contribution in [3.8, 4) is 22.4 Å². The molecule has 28 heavy (non-hydrogen) atoms. The summed E-state index contributed by atoms with van der Waals surface area (Å²) in [5.41, 5.74) is 7.86. The van der Waals surface area contributed by atoms with Crippen LogP contribution in [0.15, 0.2) is 109 Å². The van der Waals surface area contributed by atoms with Crippen molar-refractivity contribution in [2.75, 3.05) is 0 Å². The van der Waals surface area contributed by atoms with Crippen molar-refractivity contribution in [1.29, 1.82) is 0 Å². The maximum atomic E-state index is 3.72. The molecule has 0 unspecified atom stereocenters. The molecular formula is C26H20N2. The summed E-state index contributed by atoms with van der Waals surface area (Å²) in [7, 11) is 0. The number of rotatable bonds is 2. The molecule has 2 N–H and O–H groups in total. The molecule has 0 radical (unpaired) electrons. The predicted molar refractivity (Wildman–Crippen MR) is 119 cm³/mol. The van der Waals surface area contributed by atoms with Gasteiger partial charge in [0.15, 0.2) is 0 Å². The third-order valence-corrected chi connectivity index (χ3v) is 5.03. The second-order valence-corrected chi connectivity index (χ2v) is 6.82. The first-order chi connectivity index (χ1) is 13.9. The average molecular weight is 360 g/mol. The third kappa shape index (κ3) is 2.95. The van der Waals surface area contributed by atoms with Crippen LogP contribution >= 0.6 is 0 Å². The summed E-state index contributed by atoms with van der Waals surface area (Å²) in [6, 6.07) is 38.0. The van der Waals surface area contributed by atoms with Crippen molar-refractivity contribution in [2.24, 2.45) is 0 Å². The Hall–Kier alpha value is -3.78. The largest absolute Gasteiger partial charge is 0.353 e. The van der Waals surface area contributed by atoms with Crippen LogP contribution in [0.2, 0.25) is 0 Å². The molecule has 2 nitrogen and oxygen atoms in total. The van der Waals surface area contributed by atoms with E-state index in [2.05, 4.69) is 119 Å². The van der Waals surface area contributed by atoms with Gasteiger partial charge in [-0.2, -0.15) is 0 Å². The summed E-state index contributed by atoms with van der Waals surface area (Å²) in [4.78, 5) is 7.34. The number of fused-ring (bicyclic) bond motifs is 2. The van der Waals surface area contributed by atoms with E-state index in [1.807, 2.05) is 0 Å². The highest BCUT2D eigenvalue weighted by atomic mass is 14.8. The van der Waals surface area contributed by atoms with Crippen molar-refractivity contribution in [2.45, 2.75) is 0 Å². The minimum atomic E-state index is 1.06. The maximum absolute atomic E-state index is 3.72. The van der Waals surface area contributed by atoms with Crippen molar-refractivity contribution >= 4 is 21.9 Å². The molecule has 0 fully saturated rings. The number of H-pyrrole nitrogens is 2. The Morgan fingerprint density at radius 2 is 0.893 bits per heavy atom. The van der Waals surface area contributed by atoms with E-state index in [4.69, 9.17) is 0 Å². The Labute approximate surface area is 163 Å². The number of para-hydroxylation sites is 3. The monoisotopic (exact) mass is 360 g/mol. The van der Waals surface area contributed by atoms with Gasteiger partial charge in [-0.25, -0.2) is 0 Å². The van der Waals surface area contributed by atoms with Gasteiger partial charge in [0.25, 0.3) is 0 Å². The molecule has 0 aliphatic carbocycles. The lowest BCUT2D eigenvalue weighted by molar-refractivity contribution is 1.38. The molecule has 0 atom stereocenters. The lowest BCUT2D eigenvalue weighted by Crippen LogP contribution is -1.92. The molecule has 1 aromatic heterocycles. The SMILES string of the molecule is c1ccc(-c2[nH]c3ccccc3[nH]c3ccccc3c2-c2ccccc2)cc1. The summed E-state index contributed by atoms with van der Waals surface area (Å²) in [5.74, 6) is 0. The van der Waals surface area contributed by atoms with E-state index in [0.29, 0.717) is 0 Å². The fraction of sp³-hybridized carbons (Fsp3) is 0. The molecule has 2 heteroatoms. The number of aromatic nitrogens is 2. The fourth-order valence-corrected chi connectivity index (χ4v) is 3.71. The second kappa shape index (κ2) is 7.09. The molecular weight excluding hydrogens is 340 g/mol. The van der Waals surface area contributed by atoms with Crippen LogP contribution in [0.5, 0.6) is 0 Å². The molecule has 0 saturated carbocycles. The van der Waals surface area contributed by atoms with Crippen LogP contribution in [0.25, 0.3) is 44.3 Å². The van der Waals surface area contributed by atoms with Crippen LogP contribution in [0.1, 0.15) is 0 Å². The molecule has 134 valence electrons. The lowest BCUT2D eigenvalue weighted by Gasteiger charge is -2.14. The maximum Gasteiger partial charge on any atom is 0.0623 e. The zero-order valence-corrected chi connectivity index (χ0v) is 15.4. The Balaban J connectivity index is 2.05. The van der Waals surface area contributed by atoms with Gasteiger partial charge in [-0.3, -0.25) is 0 Å². The van der Waals surface area contributed by atoms with Gasteiger partial charge in [0, 0.05) is 16.5 Å². The zero-order chi connectivity index (χ0) is 18.8. The van der Waals surface area contributed by atoms with E-state index in [1.54, 1.807) is 0 Å². The van der Waals surface area contributed by atoms with E-state index < -0.39 is 0 Å². The molecule has 4 aromatic carbocycles. The standard InChI is InChI=1S/C26H20N2/c1-3-11-19(12-4-1)25-21-15-7-8-16-22(21)27-23-17-9-10-18-24(23)28-26(25)20-13-5-2-6-14-20/h1-18,27-28H. The lowest BCUT2D eigenvalue weighted by atomic mass is 9.96. The smallest absolute Gasteiger partial charge is 0.0623 e. The molecule has 0 amide bonds. The Morgan fingerprint density at radius 1 is 0.393 bits per heavy atom. The highest BCUT2D eigenvalue weighted by molar-refractivity contribution is 6.01. The Bertz CT molecular complexity index is 1290. The highest BCUT2D eigenvalue weighted by Gasteiger charge is 2.11. The van der Waals surface area contributed by atoms with Gasteiger partial charge >= 0.3 is 0 Å². The van der Waals surface area contributed by atoms with Crippen molar-refractivity contribution < 1.29 is 0 Å². The number of benzene rings is 4. The van der Waals surface area contributed by atoms with E-state index in [-0.39, 0.29) is 0 Å². The summed E-state index contributed by atoms with van der Waals surface area (Å²) in [5, 5.41) is 1.18. The average Bonchev–Trinajstić information content (AvgIpc) is 2.75. The molecule has 5 aromatic rings. The van der Waals surface area contributed by atoms with Crippen molar-refractivity contribution in [1.82, 2.24) is 9.97 Å². The van der Waals surface area contributed by atoms with E-state index in [9.17, 15) is 0 Å². The molecule has 5 rings (SSSR count). The Morgan fingerprint density at radius 3 is 1.57 bits per heavy atom. The normalized spacial score (nSPS) is 10.9. The van der Waals surface area contributed by atoms with E-state index >= 15 is 0 Å². The van der Waals surface area contributed by atoms with E-state index in [0.717, 1.165) is 27.8 Å². The first kappa shape index (κ1) is 16.4. The van der Waals surface area contributed by atoms with Gasteiger partial charge in [-0.1, -0.05) is 91.0 Å². The number of hydrogen-bond donors (Lipinski definition) is 2. The predicted octanol–water partition coefficient (Wildman–Crippen LogP) is 7.11. The highest BCUT2D eigenvalue weighted by Crippen LogP contribution is 2.35. The van der Waals surface area contributed by atoms with Crippen LogP contribution in [0.4, 0.5) is 0 Å².